The van der Waals surface area contributed by atoms with Crippen LogP contribution in [0.4, 0.5) is 5.69 Å². The maximum absolute atomic E-state index is 13.6. The standard InChI is InChI=1S/C31H32NO6PS2/c1-30(2,18-19-37-31(3,39)20-25(33)34)38-22-16-14-21(15-17-22)32-28(35)26(40-23-10-6-4-7-11-23)27(29(32)36)41-24-12-8-5-9-13-24/h4-17H,18-20,39H2,1-3H3,(H,33,34). The van der Waals surface area contributed by atoms with Crippen LogP contribution in [0.3, 0.4) is 0 Å². The number of hydrogen-bond acceptors (Lipinski definition) is 7. The van der Waals surface area contributed by atoms with Gasteiger partial charge in [0.05, 0.1) is 33.9 Å². The van der Waals surface area contributed by atoms with Crippen LogP contribution in [0.2, 0.25) is 0 Å². The molecule has 0 bridgehead atoms. The predicted molar refractivity (Wildman–Crippen MR) is 166 cm³/mol. The minimum absolute atomic E-state index is 0.125. The Hall–Kier alpha value is -3.10. The zero-order chi connectivity index (χ0) is 29.6. The maximum Gasteiger partial charge on any atom is 0.306 e. The molecule has 214 valence electrons. The summed E-state index contributed by atoms with van der Waals surface area (Å²) >= 11 is 2.58. The van der Waals surface area contributed by atoms with Gasteiger partial charge in [0.25, 0.3) is 11.8 Å². The Bertz CT molecular complexity index is 1360. The lowest BCUT2D eigenvalue weighted by Gasteiger charge is -2.29. The van der Waals surface area contributed by atoms with Crippen LogP contribution in [0.15, 0.2) is 105 Å². The molecule has 1 N–H and O–H groups in total. The van der Waals surface area contributed by atoms with Crippen molar-refractivity contribution in [3.63, 3.8) is 0 Å². The van der Waals surface area contributed by atoms with Gasteiger partial charge in [0.2, 0.25) is 0 Å². The van der Waals surface area contributed by atoms with Crippen molar-refractivity contribution in [2.24, 2.45) is 0 Å². The molecule has 2 amide bonds. The van der Waals surface area contributed by atoms with Crippen LogP contribution in [0, 0.1) is 0 Å². The first kappa shape index (κ1) is 30.8. The van der Waals surface area contributed by atoms with E-state index in [2.05, 4.69) is 9.24 Å². The molecule has 1 aliphatic heterocycles. The van der Waals surface area contributed by atoms with E-state index in [9.17, 15) is 14.4 Å². The van der Waals surface area contributed by atoms with Gasteiger partial charge >= 0.3 is 5.97 Å². The Balaban J connectivity index is 1.47. The van der Waals surface area contributed by atoms with Crippen molar-refractivity contribution < 1.29 is 29.0 Å². The molecule has 0 fully saturated rings. The molecule has 0 saturated carbocycles. The minimum atomic E-state index is -0.931. The van der Waals surface area contributed by atoms with E-state index in [0.717, 1.165) is 9.79 Å². The lowest BCUT2D eigenvalue weighted by Crippen LogP contribution is -2.33. The second kappa shape index (κ2) is 13.3. The molecular weight excluding hydrogens is 577 g/mol. The summed E-state index contributed by atoms with van der Waals surface area (Å²) < 4.78 is 11.9. The summed E-state index contributed by atoms with van der Waals surface area (Å²) in [6.07, 6.45) is 0.395. The van der Waals surface area contributed by atoms with Gasteiger partial charge in [-0.05, 0) is 69.3 Å². The third kappa shape index (κ3) is 8.46. The molecule has 10 heteroatoms. The highest BCUT2D eigenvalue weighted by Gasteiger charge is 2.40. The Morgan fingerprint density at radius 3 is 1.78 bits per heavy atom. The normalized spacial score (nSPS) is 15.3. The highest BCUT2D eigenvalue weighted by Crippen LogP contribution is 2.44. The van der Waals surface area contributed by atoms with E-state index in [4.69, 9.17) is 14.6 Å². The van der Waals surface area contributed by atoms with Gasteiger partial charge in [-0.1, -0.05) is 59.9 Å². The van der Waals surface area contributed by atoms with Gasteiger partial charge in [0.1, 0.15) is 11.4 Å². The number of carboxylic acid groups (broad SMARTS) is 1. The molecule has 4 rings (SSSR count). The second-order valence-electron chi connectivity index (χ2n) is 10.3. The van der Waals surface area contributed by atoms with Crippen molar-refractivity contribution in [2.75, 3.05) is 11.5 Å². The lowest BCUT2D eigenvalue weighted by molar-refractivity contribution is -0.141. The van der Waals surface area contributed by atoms with Crippen LogP contribution in [0.25, 0.3) is 0 Å². The number of amides is 2. The van der Waals surface area contributed by atoms with Gasteiger partial charge in [-0.3, -0.25) is 14.4 Å². The quantitative estimate of drug-likeness (QED) is 0.164. The number of rotatable bonds is 13. The van der Waals surface area contributed by atoms with Crippen molar-refractivity contribution in [3.05, 3.63) is 94.7 Å². The van der Waals surface area contributed by atoms with Crippen molar-refractivity contribution in [1.29, 1.82) is 0 Å². The first-order chi connectivity index (χ1) is 19.4. The fourth-order valence-electron chi connectivity index (χ4n) is 4.03. The maximum atomic E-state index is 13.6. The zero-order valence-corrected chi connectivity index (χ0v) is 25.8. The average Bonchev–Trinajstić information content (AvgIpc) is 3.13. The molecule has 2 unspecified atom stereocenters. The van der Waals surface area contributed by atoms with E-state index >= 15 is 0 Å². The fourth-order valence-corrected chi connectivity index (χ4v) is 6.35. The van der Waals surface area contributed by atoms with Crippen LogP contribution in [0.5, 0.6) is 5.75 Å². The van der Waals surface area contributed by atoms with Gasteiger partial charge in [-0.2, -0.15) is 0 Å². The summed E-state index contributed by atoms with van der Waals surface area (Å²) in [6.45, 7) is 5.85. The summed E-state index contributed by atoms with van der Waals surface area (Å²) in [6, 6.07) is 25.9. The largest absolute Gasteiger partial charge is 0.488 e. The molecule has 1 aliphatic rings. The predicted octanol–water partition coefficient (Wildman–Crippen LogP) is 6.99. The molecule has 41 heavy (non-hydrogen) atoms. The third-order valence-corrected chi connectivity index (χ3v) is 8.74. The van der Waals surface area contributed by atoms with Gasteiger partial charge in [-0.15, -0.1) is 9.24 Å². The number of thioether (sulfide) groups is 2. The molecule has 0 aromatic heterocycles. The molecule has 2 atom stereocenters. The number of benzene rings is 3. The summed E-state index contributed by atoms with van der Waals surface area (Å²) in [5.74, 6) is -1.09. The molecule has 3 aromatic rings. The highest BCUT2D eigenvalue weighted by atomic mass is 32.2. The van der Waals surface area contributed by atoms with E-state index in [0.29, 0.717) is 34.3 Å². The summed E-state index contributed by atoms with van der Waals surface area (Å²) in [5.41, 5.74) is -0.151. The van der Waals surface area contributed by atoms with Crippen molar-refractivity contribution in [3.8, 4) is 5.75 Å². The Kier molecular flexibility index (Phi) is 9.97. The topological polar surface area (TPSA) is 93.1 Å². The third-order valence-electron chi connectivity index (χ3n) is 6.05. The molecular formula is C31H32NO6PS2. The highest BCUT2D eigenvalue weighted by molar-refractivity contribution is 8.08. The summed E-state index contributed by atoms with van der Waals surface area (Å²) in [5, 5.41) is 8.17. The molecule has 0 spiro atoms. The van der Waals surface area contributed by atoms with Crippen molar-refractivity contribution >= 4 is 56.2 Å². The monoisotopic (exact) mass is 609 g/mol. The van der Waals surface area contributed by atoms with Crippen molar-refractivity contribution in [1.82, 2.24) is 0 Å². The van der Waals surface area contributed by atoms with E-state index < -0.39 is 16.9 Å². The van der Waals surface area contributed by atoms with Crippen molar-refractivity contribution in [2.45, 2.75) is 54.3 Å². The van der Waals surface area contributed by atoms with Crippen LogP contribution in [-0.2, 0) is 19.1 Å². The first-order valence-electron chi connectivity index (χ1n) is 13.0. The van der Waals surface area contributed by atoms with Gasteiger partial charge in [-0.25, -0.2) is 4.90 Å². The molecule has 7 nitrogen and oxygen atoms in total. The fraction of sp³-hybridized carbons (Fsp3) is 0.258. The van der Waals surface area contributed by atoms with Gasteiger partial charge in [0, 0.05) is 16.2 Å². The van der Waals surface area contributed by atoms with E-state index in [1.165, 1.54) is 28.4 Å². The van der Waals surface area contributed by atoms with E-state index in [-0.39, 0.29) is 18.2 Å². The number of nitrogens with zero attached hydrogens (tertiary/aromatic N) is 1. The molecule has 0 aliphatic carbocycles. The van der Waals surface area contributed by atoms with Crippen LogP contribution >= 0.6 is 32.8 Å². The lowest BCUT2D eigenvalue weighted by atomic mass is 10.1. The number of aliphatic carboxylic acids is 1. The van der Waals surface area contributed by atoms with E-state index in [1.807, 2.05) is 74.5 Å². The number of imide groups is 1. The van der Waals surface area contributed by atoms with E-state index in [1.54, 1.807) is 31.2 Å². The first-order valence-corrected chi connectivity index (χ1v) is 15.2. The number of ether oxygens (including phenoxy) is 2. The van der Waals surface area contributed by atoms with Gasteiger partial charge in [0.15, 0.2) is 0 Å². The van der Waals surface area contributed by atoms with Crippen LogP contribution < -0.4 is 9.64 Å². The average molecular weight is 610 g/mol. The Morgan fingerprint density at radius 2 is 1.32 bits per heavy atom. The number of hydrogen-bond donors (Lipinski definition) is 1. The molecule has 0 radical (unpaired) electrons. The smallest absolute Gasteiger partial charge is 0.306 e. The Labute approximate surface area is 250 Å². The second-order valence-corrected chi connectivity index (χ2v) is 13.7. The Morgan fingerprint density at radius 1 is 0.829 bits per heavy atom. The molecule has 3 aromatic carbocycles. The summed E-state index contributed by atoms with van der Waals surface area (Å²) in [7, 11) is 2.44. The molecule has 1 heterocycles. The SMILES string of the molecule is CC(C)(CCOC(C)(P)CC(=O)O)Oc1ccc(N2C(=O)C(Sc3ccccc3)=C(Sc3ccccc3)C2=O)cc1. The summed E-state index contributed by atoms with van der Waals surface area (Å²) in [4.78, 5) is 42.0. The van der Waals surface area contributed by atoms with Crippen LogP contribution in [-0.4, -0.2) is 40.4 Å². The number of carboxylic acids is 1. The minimum Gasteiger partial charge on any atom is -0.488 e. The number of carbonyl (C=O) groups excluding carboxylic acids is 2. The van der Waals surface area contributed by atoms with Gasteiger partial charge < -0.3 is 14.6 Å². The molecule has 0 saturated heterocycles. The van der Waals surface area contributed by atoms with Crippen LogP contribution in [0.1, 0.15) is 33.6 Å². The number of carbonyl (C=O) groups is 3. The number of anilines is 1. The zero-order valence-electron chi connectivity index (χ0n) is 23.0.